The minimum atomic E-state index is -4.90. The molecule has 0 unspecified atom stereocenters. The first kappa shape index (κ1) is 15.9. The molecule has 0 rings (SSSR count). The maximum atomic E-state index is 10.6. The molecule has 0 spiro atoms. The first-order valence-corrected chi connectivity index (χ1v) is 4.32. The second kappa shape index (κ2) is 6.80. The fourth-order valence-corrected chi connectivity index (χ4v) is 0.886. The van der Waals surface area contributed by atoms with Gasteiger partial charge < -0.3 is 10.1 Å². The maximum absolute atomic E-state index is 10.6. The topological polar surface area (TPSA) is 124 Å². The molecule has 0 bridgehead atoms. The van der Waals surface area contributed by atoms with Crippen molar-refractivity contribution in [3.05, 3.63) is 5.92 Å². The third-order valence-corrected chi connectivity index (χ3v) is 1.69. The summed E-state index contributed by atoms with van der Waals surface area (Å²) in [5.74, 6) is -0.755. The van der Waals surface area contributed by atoms with Gasteiger partial charge in [-0.05, 0) is 0 Å². The molecule has 0 aromatic carbocycles. The number of carbonyl (C=O) groups is 2. The van der Waals surface area contributed by atoms with E-state index in [0.717, 1.165) is 0 Å². The molecule has 0 radical (unpaired) electrons. The van der Waals surface area contributed by atoms with Crippen molar-refractivity contribution >= 4 is 21.6 Å². The van der Waals surface area contributed by atoms with E-state index in [-0.39, 0.29) is 36.0 Å². The molecule has 1 amide bonds. The molecule has 0 fully saturated rings. The molecule has 0 aliphatic carbocycles. The van der Waals surface area contributed by atoms with E-state index in [0.29, 0.717) is 0 Å². The standard InChI is InChI=1S/C5H5N2O5S.Na/c6-1-4(2-7-3-8)5(9)13(10,11)12;/h3H,2H2,(H,7,8)(H,10,11,12);/q-1;+1. The largest absolute Gasteiger partial charge is 1.00 e. The van der Waals surface area contributed by atoms with Crippen molar-refractivity contribution in [1.29, 1.82) is 5.26 Å². The summed E-state index contributed by atoms with van der Waals surface area (Å²) in [5.41, 5.74) is 0. The number of hydrogen-bond donors (Lipinski definition) is 2. The third kappa shape index (κ3) is 5.21. The summed E-state index contributed by atoms with van der Waals surface area (Å²) in [6.45, 7) is -0.529. The number of hydrogen-bond acceptors (Lipinski definition) is 5. The van der Waals surface area contributed by atoms with Crippen LogP contribution in [0.2, 0.25) is 0 Å². The van der Waals surface area contributed by atoms with Crippen LogP contribution in [0.15, 0.2) is 0 Å². The third-order valence-electron chi connectivity index (χ3n) is 0.978. The van der Waals surface area contributed by atoms with Gasteiger partial charge in [0.05, 0.1) is 0 Å². The van der Waals surface area contributed by atoms with Crippen LogP contribution in [0.5, 0.6) is 0 Å². The van der Waals surface area contributed by atoms with E-state index >= 15 is 0 Å². The minimum absolute atomic E-state index is 0. The van der Waals surface area contributed by atoms with E-state index in [4.69, 9.17) is 9.81 Å². The first-order valence-electron chi connectivity index (χ1n) is 2.88. The molecule has 0 saturated carbocycles. The summed E-state index contributed by atoms with van der Waals surface area (Å²) in [4.78, 5) is 20.4. The van der Waals surface area contributed by atoms with Crippen LogP contribution in [0.4, 0.5) is 0 Å². The van der Waals surface area contributed by atoms with Crippen LogP contribution in [-0.4, -0.2) is 31.0 Å². The van der Waals surface area contributed by atoms with Gasteiger partial charge in [-0.25, -0.2) is 5.26 Å². The number of amides is 1. The number of nitriles is 1. The zero-order valence-electron chi connectivity index (χ0n) is 7.22. The van der Waals surface area contributed by atoms with Gasteiger partial charge in [0.1, 0.15) is 0 Å². The predicted octanol–water partition coefficient (Wildman–Crippen LogP) is -4.75. The normalized spacial score (nSPS) is 9.14. The zero-order chi connectivity index (χ0) is 10.5. The average Bonchev–Trinajstić information content (AvgIpc) is 2.04. The minimum Gasteiger partial charge on any atom is -0.385 e. The van der Waals surface area contributed by atoms with Gasteiger partial charge >= 0.3 is 39.7 Å². The van der Waals surface area contributed by atoms with E-state index in [1.54, 1.807) is 0 Å². The summed E-state index contributed by atoms with van der Waals surface area (Å²) in [6, 6.07) is 1.25. The molecule has 0 saturated heterocycles. The Morgan fingerprint density at radius 2 is 2.14 bits per heavy atom. The zero-order valence-corrected chi connectivity index (χ0v) is 10.0. The maximum Gasteiger partial charge on any atom is 1.00 e. The van der Waals surface area contributed by atoms with Crippen LogP contribution >= 0.6 is 0 Å². The van der Waals surface area contributed by atoms with Crippen molar-refractivity contribution in [3.63, 3.8) is 0 Å². The van der Waals surface area contributed by atoms with Crippen LogP contribution in [0, 0.1) is 17.2 Å². The molecular formula is C5H5N2NaO5S. The Hall–Kier alpha value is -0.590. The fraction of sp³-hybridized carbons (Fsp3) is 0.200. The van der Waals surface area contributed by atoms with Gasteiger partial charge in [-0.1, -0.05) is 12.6 Å². The number of nitrogens with zero attached hydrogens (tertiary/aromatic N) is 1. The van der Waals surface area contributed by atoms with Crippen molar-refractivity contribution in [2.45, 2.75) is 0 Å². The Kier molecular flexibility index (Phi) is 7.71. The van der Waals surface area contributed by atoms with E-state index < -0.39 is 27.7 Å². The quantitative estimate of drug-likeness (QED) is 0.215. The molecule has 14 heavy (non-hydrogen) atoms. The average molecular weight is 228 g/mol. The molecule has 0 aromatic rings. The Morgan fingerprint density at radius 1 is 1.64 bits per heavy atom. The summed E-state index contributed by atoms with van der Waals surface area (Å²) in [7, 11) is -4.90. The van der Waals surface area contributed by atoms with E-state index in [2.05, 4.69) is 0 Å². The fourth-order valence-electron chi connectivity index (χ4n) is 0.457. The number of nitrogens with one attached hydrogen (secondary N) is 1. The SMILES string of the molecule is N#C[C-](CNC=O)C(=O)S(=O)(=O)O.[Na+]. The van der Waals surface area contributed by atoms with Gasteiger partial charge in [0.2, 0.25) is 6.41 Å². The predicted molar refractivity (Wildman–Crippen MR) is 39.5 cm³/mol. The van der Waals surface area contributed by atoms with Gasteiger partial charge in [0.25, 0.3) is 0 Å². The number of carbonyl (C=O) groups excluding carboxylic acids is 2. The molecule has 72 valence electrons. The van der Waals surface area contributed by atoms with Gasteiger partial charge in [-0.15, -0.1) is 0 Å². The molecule has 0 aliphatic heterocycles. The summed E-state index contributed by atoms with van der Waals surface area (Å²) in [6.07, 6.45) is 0.189. The van der Waals surface area contributed by atoms with Gasteiger partial charge in [-0.2, -0.15) is 14.3 Å². The molecule has 0 heterocycles. The Morgan fingerprint density at radius 3 is 2.43 bits per heavy atom. The van der Waals surface area contributed by atoms with Crippen LogP contribution in [0.25, 0.3) is 0 Å². The Balaban J connectivity index is 0. The van der Waals surface area contributed by atoms with Gasteiger partial charge in [0.15, 0.2) is 5.12 Å². The molecule has 0 aliphatic rings. The Bertz CT molecular complexity index is 346. The molecule has 2 N–H and O–H groups in total. The van der Waals surface area contributed by atoms with Crippen LogP contribution in [0.1, 0.15) is 0 Å². The first-order chi connectivity index (χ1) is 5.93. The van der Waals surface area contributed by atoms with Gasteiger partial charge in [0, 0.05) is 0 Å². The Labute approximate surface area is 103 Å². The molecular weight excluding hydrogens is 223 g/mol. The van der Waals surface area contributed by atoms with Crippen LogP contribution in [-0.2, 0) is 19.7 Å². The van der Waals surface area contributed by atoms with Gasteiger partial charge in [-0.3, -0.25) is 9.35 Å². The van der Waals surface area contributed by atoms with E-state index in [1.165, 1.54) is 6.07 Å². The number of rotatable bonds is 4. The smallest absolute Gasteiger partial charge is 0.385 e. The summed E-state index contributed by atoms with van der Waals surface area (Å²) < 4.78 is 28.6. The molecule has 7 nitrogen and oxygen atoms in total. The van der Waals surface area contributed by atoms with Crippen molar-refractivity contribution in [2.75, 3.05) is 6.54 Å². The molecule has 0 aromatic heterocycles. The van der Waals surface area contributed by atoms with Crippen LogP contribution in [0.3, 0.4) is 0 Å². The second-order valence-electron chi connectivity index (χ2n) is 1.85. The summed E-state index contributed by atoms with van der Waals surface area (Å²) >= 11 is 0. The van der Waals surface area contributed by atoms with Crippen molar-refractivity contribution in [2.24, 2.45) is 0 Å². The second-order valence-corrected chi connectivity index (χ2v) is 3.17. The van der Waals surface area contributed by atoms with E-state index in [1.807, 2.05) is 5.32 Å². The monoisotopic (exact) mass is 228 g/mol. The summed E-state index contributed by atoms with van der Waals surface area (Å²) in [5, 5.41) is 8.46. The molecule has 0 atom stereocenters. The van der Waals surface area contributed by atoms with E-state index in [9.17, 15) is 18.0 Å². The van der Waals surface area contributed by atoms with Crippen LogP contribution < -0.4 is 34.9 Å². The molecule has 9 heteroatoms. The van der Waals surface area contributed by atoms with Crippen molar-refractivity contribution < 1.29 is 52.1 Å². The van der Waals surface area contributed by atoms with Crippen molar-refractivity contribution in [3.8, 4) is 6.07 Å². The van der Waals surface area contributed by atoms with Crippen molar-refractivity contribution in [1.82, 2.24) is 5.32 Å².